The second-order valence-corrected chi connectivity index (χ2v) is 5.82. The van der Waals surface area contributed by atoms with E-state index in [1.165, 1.54) is 0 Å². The SMILES string of the molecule is CC(C)(C)C1CC2C=CC1(C(=O)O)C2. The van der Waals surface area contributed by atoms with Gasteiger partial charge in [-0.2, -0.15) is 0 Å². The summed E-state index contributed by atoms with van der Waals surface area (Å²) >= 11 is 0. The minimum Gasteiger partial charge on any atom is -0.481 e. The highest BCUT2D eigenvalue weighted by molar-refractivity contribution is 5.79. The Bertz CT molecular complexity index is 298. The van der Waals surface area contributed by atoms with E-state index >= 15 is 0 Å². The molecule has 0 aromatic carbocycles. The second-order valence-electron chi connectivity index (χ2n) is 5.82. The molecule has 3 atom stereocenters. The summed E-state index contributed by atoms with van der Waals surface area (Å²) in [4.78, 5) is 11.4. The van der Waals surface area contributed by atoms with Gasteiger partial charge in [-0.05, 0) is 30.1 Å². The maximum atomic E-state index is 11.4. The van der Waals surface area contributed by atoms with Gasteiger partial charge in [0.25, 0.3) is 0 Å². The van der Waals surface area contributed by atoms with Gasteiger partial charge in [0.1, 0.15) is 0 Å². The Hall–Kier alpha value is -0.790. The van der Waals surface area contributed by atoms with Crippen molar-refractivity contribution in [2.75, 3.05) is 0 Å². The number of allylic oxidation sites excluding steroid dienone is 1. The molecule has 2 nitrogen and oxygen atoms in total. The van der Waals surface area contributed by atoms with Crippen LogP contribution in [0.15, 0.2) is 12.2 Å². The molecular formula is C12H18O2. The topological polar surface area (TPSA) is 37.3 Å². The van der Waals surface area contributed by atoms with E-state index < -0.39 is 11.4 Å². The molecule has 2 heteroatoms. The second kappa shape index (κ2) is 2.62. The molecule has 1 N–H and O–H groups in total. The number of fused-ring (bicyclic) bond motifs is 2. The minimum absolute atomic E-state index is 0.0951. The van der Waals surface area contributed by atoms with E-state index in [0.717, 1.165) is 12.8 Å². The Labute approximate surface area is 85.0 Å². The van der Waals surface area contributed by atoms with Gasteiger partial charge in [-0.3, -0.25) is 4.79 Å². The Kier molecular flexibility index (Phi) is 1.82. The molecule has 14 heavy (non-hydrogen) atoms. The summed E-state index contributed by atoms with van der Waals surface area (Å²) in [6.07, 6.45) is 5.91. The molecular weight excluding hydrogens is 176 g/mol. The summed E-state index contributed by atoms with van der Waals surface area (Å²) in [5.74, 6) is 0.173. The third kappa shape index (κ3) is 1.13. The summed E-state index contributed by atoms with van der Waals surface area (Å²) in [5, 5.41) is 9.37. The van der Waals surface area contributed by atoms with Crippen LogP contribution in [0.2, 0.25) is 0 Å². The van der Waals surface area contributed by atoms with Crippen LogP contribution in [0.25, 0.3) is 0 Å². The summed E-state index contributed by atoms with van der Waals surface area (Å²) in [6.45, 7) is 6.45. The Balaban J connectivity index is 2.38. The van der Waals surface area contributed by atoms with Crippen LogP contribution in [0.4, 0.5) is 0 Å². The lowest BCUT2D eigenvalue weighted by Gasteiger charge is -2.38. The van der Waals surface area contributed by atoms with Crippen LogP contribution >= 0.6 is 0 Å². The number of hydrogen-bond acceptors (Lipinski definition) is 1. The lowest BCUT2D eigenvalue weighted by molar-refractivity contribution is -0.149. The van der Waals surface area contributed by atoms with Crippen molar-refractivity contribution in [3.05, 3.63) is 12.2 Å². The predicted molar refractivity (Wildman–Crippen MR) is 54.9 cm³/mol. The maximum Gasteiger partial charge on any atom is 0.313 e. The third-order valence-electron chi connectivity index (χ3n) is 3.87. The summed E-state index contributed by atoms with van der Waals surface area (Å²) in [6, 6.07) is 0. The predicted octanol–water partition coefficient (Wildman–Crippen LogP) is 2.70. The van der Waals surface area contributed by atoms with Crippen molar-refractivity contribution in [2.45, 2.75) is 33.6 Å². The summed E-state index contributed by atoms with van der Waals surface area (Å²) in [7, 11) is 0. The molecule has 0 aliphatic heterocycles. The molecule has 0 saturated heterocycles. The monoisotopic (exact) mass is 194 g/mol. The average molecular weight is 194 g/mol. The van der Waals surface area contributed by atoms with Crippen LogP contribution in [-0.2, 0) is 4.79 Å². The van der Waals surface area contributed by atoms with E-state index in [2.05, 4.69) is 26.8 Å². The maximum absolute atomic E-state index is 11.4. The van der Waals surface area contributed by atoms with Gasteiger partial charge < -0.3 is 5.11 Å². The van der Waals surface area contributed by atoms with Gasteiger partial charge in [-0.15, -0.1) is 0 Å². The van der Waals surface area contributed by atoms with Crippen LogP contribution in [0.5, 0.6) is 0 Å². The molecule has 0 amide bonds. The van der Waals surface area contributed by atoms with Crippen molar-refractivity contribution in [3.63, 3.8) is 0 Å². The third-order valence-corrected chi connectivity index (χ3v) is 3.87. The van der Waals surface area contributed by atoms with Crippen molar-refractivity contribution in [3.8, 4) is 0 Å². The molecule has 78 valence electrons. The zero-order chi connectivity index (χ0) is 10.6. The zero-order valence-electron chi connectivity index (χ0n) is 9.08. The van der Waals surface area contributed by atoms with E-state index in [-0.39, 0.29) is 5.41 Å². The fourth-order valence-electron chi connectivity index (χ4n) is 3.24. The number of carboxylic acid groups (broad SMARTS) is 1. The molecule has 0 aromatic heterocycles. The molecule has 2 aliphatic rings. The molecule has 2 rings (SSSR count). The van der Waals surface area contributed by atoms with Crippen LogP contribution in [0, 0.1) is 22.7 Å². The first-order valence-corrected chi connectivity index (χ1v) is 5.29. The first-order valence-electron chi connectivity index (χ1n) is 5.29. The van der Waals surface area contributed by atoms with Crippen molar-refractivity contribution in [1.82, 2.24) is 0 Å². The Morgan fingerprint density at radius 1 is 1.50 bits per heavy atom. The standard InChI is InChI=1S/C12H18O2/c1-11(2,3)9-6-8-4-5-12(9,7-8)10(13)14/h4-5,8-9H,6-7H2,1-3H3,(H,13,14). The van der Waals surface area contributed by atoms with Crippen LogP contribution in [0.3, 0.4) is 0 Å². The molecule has 0 heterocycles. The number of carboxylic acids is 1. The van der Waals surface area contributed by atoms with Gasteiger partial charge in [-0.25, -0.2) is 0 Å². The van der Waals surface area contributed by atoms with E-state index in [0.29, 0.717) is 11.8 Å². The lowest BCUT2D eigenvalue weighted by atomic mass is 9.65. The van der Waals surface area contributed by atoms with Gasteiger partial charge in [0.15, 0.2) is 0 Å². The highest BCUT2D eigenvalue weighted by Crippen LogP contribution is 2.59. The Morgan fingerprint density at radius 2 is 2.14 bits per heavy atom. The highest BCUT2D eigenvalue weighted by atomic mass is 16.4. The van der Waals surface area contributed by atoms with Crippen molar-refractivity contribution in [2.24, 2.45) is 22.7 Å². The van der Waals surface area contributed by atoms with Crippen molar-refractivity contribution >= 4 is 5.97 Å². The average Bonchev–Trinajstić information content (AvgIpc) is 2.59. The first-order chi connectivity index (χ1) is 6.36. The van der Waals surface area contributed by atoms with Crippen LogP contribution in [0.1, 0.15) is 33.6 Å². The van der Waals surface area contributed by atoms with Crippen molar-refractivity contribution < 1.29 is 9.90 Å². The molecule has 0 spiro atoms. The molecule has 0 aromatic rings. The quantitative estimate of drug-likeness (QED) is 0.652. The van der Waals surface area contributed by atoms with E-state index in [9.17, 15) is 9.90 Å². The number of carbonyl (C=O) groups is 1. The van der Waals surface area contributed by atoms with E-state index in [4.69, 9.17) is 0 Å². The molecule has 1 fully saturated rings. The Morgan fingerprint density at radius 3 is 2.50 bits per heavy atom. The highest BCUT2D eigenvalue weighted by Gasteiger charge is 2.57. The fourth-order valence-corrected chi connectivity index (χ4v) is 3.24. The van der Waals surface area contributed by atoms with E-state index in [1.54, 1.807) is 0 Å². The lowest BCUT2D eigenvalue weighted by Crippen LogP contribution is -2.39. The van der Waals surface area contributed by atoms with Gasteiger partial charge >= 0.3 is 5.97 Å². The van der Waals surface area contributed by atoms with Gasteiger partial charge in [0.2, 0.25) is 0 Å². The normalized spacial score (nSPS) is 40.5. The number of hydrogen-bond donors (Lipinski definition) is 1. The smallest absolute Gasteiger partial charge is 0.313 e. The largest absolute Gasteiger partial charge is 0.481 e. The first kappa shape index (κ1) is 9.75. The molecule has 3 unspecified atom stereocenters. The van der Waals surface area contributed by atoms with Crippen molar-refractivity contribution in [1.29, 1.82) is 0 Å². The zero-order valence-corrected chi connectivity index (χ0v) is 9.08. The number of aliphatic carboxylic acids is 1. The van der Waals surface area contributed by atoms with Gasteiger partial charge in [0, 0.05) is 0 Å². The minimum atomic E-state index is -0.631. The van der Waals surface area contributed by atoms with Gasteiger partial charge in [0.05, 0.1) is 5.41 Å². The van der Waals surface area contributed by atoms with E-state index in [1.807, 2.05) is 6.08 Å². The van der Waals surface area contributed by atoms with Crippen LogP contribution < -0.4 is 0 Å². The molecule has 1 saturated carbocycles. The van der Waals surface area contributed by atoms with Gasteiger partial charge in [-0.1, -0.05) is 32.9 Å². The molecule has 2 bridgehead atoms. The van der Waals surface area contributed by atoms with Crippen LogP contribution in [-0.4, -0.2) is 11.1 Å². The summed E-state index contributed by atoms with van der Waals surface area (Å²) < 4.78 is 0. The molecule has 0 radical (unpaired) electrons. The summed E-state index contributed by atoms with van der Waals surface area (Å²) in [5.41, 5.74) is -0.458. The number of rotatable bonds is 1. The molecule has 2 aliphatic carbocycles. The fraction of sp³-hybridized carbons (Fsp3) is 0.750.